The number of rotatable bonds is 7. The highest BCUT2D eigenvalue weighted by Crippen LogP contribution is 2.34. The number of fused-ring (bicyclic) bond motifs is 1. The second-order valence-corrected chi connectivity index (χ2v) is 7.92. The van der Waals surface area contributed by atoms with Gasteiger partial charge in [-0.05, 0) is 43.5 Å². The Morgan fingerprint density at radius 3 is 2.56 bits per heavy atom. The largest absolute Gasteiger partial charge is 0.486 e. The Balaban J connectivity index is 1.55. The minimum absolute atomic E-state index is 0.0574. The fourth-order valence-corrected chi connectivity index (χ4v) is 3.96. The van der Waals surface area contributed by atoms with Gasteiger partial charge in [0, 0.05) is 37.5 Å². The molecule has 1 aromatic heterocycles. The number of carbonyl (C=O) groups is 1. The number of ether oxygens (including phenoxy) is 2. The molecule has 6 heteroatoms. The molecule has 0 unspecified atom stereocenters. The molecule has 2 heterocycles. The second-order valence-electron chi connectivity index (χ2n) is 7.92. The molecule has 0 atom stereocenters. The number of hydrogen-bond donors (Lipinski definition) is 0. The van der Waals surface area contributed by atoms with Crippen LogP contribution in [0.1, 0.15) is 28.9 Å². The summed E-state index contributed by atoms with van der Waals surface area (Å²) >= 11 is 0. The van der Waals surface area contributed by atoms with Crippen LogP contribution in [-0.4, -0.2) is 35.4 Å². The standard InChI is InChI=1S/C26H29N3O3/c1-19-23(20(2)28(3)27-19)12-14-26(30)29(15-7-10-21-8-5-4-6-9-21)22-11-13-24-25(18-22)32-17-16-31-24/h4-11,13,18H,12,14-17H2,1-3H3/b10-7+. The van der Waals surface area contributed by atoms with Crippen molar-refractivity contribution in [1.82, 2.24) is 9.78 Å². The Labute approximate surface area is 189 Å². The van der Waals surface area contributed by atoms with Gasteiger partial charge in [-0.3, -0.25) is 9.48 Å². The number of carbonyl (C=O) groups excluding carboxylic acids is 1. The van der Waals surface area contributed by atoms with Gasteiger partial charge in [0.25, 0.3) is 0 Å². The van der Waals surface area contributed by atoms with Crippen molar-refractivity contribution in [3.63, 3.8) is 0 Å². The van der Waals surface area contributed by atoms with Crippen molar-refractivity contribution in [3.05, 3.63) is 77.1 Å². The summed E-state index contributed by atoms with van der Waals surface area (Å²) in [6, 6.07) is 15.8. The van der Waals surface area contributed by atoms with E-state index in [1.165, 1.54) is 0 Å². The predicted molar refractivity (Wildman–Crippen MR) is 126 cm³/mol. The molecule has 166 valence electrons. The van der Waals surface area contributed by atoms with E-state index in [4.69, 9.17) is 9.47 Å². The fraction of sp³-hybridized carbons (Fsp3) is 0.308. The summed E-state index contributed by atoms with van der Waals surface area (Å²) in [5.74, 6) is 1.45. The van der Waals surface area contributed by atoms with Crippen molar-refractivity contribution >= 4 is 17.7 Å². The van der Waals surface area contributed by atoms with Crippen LogP contribution >= 0.6 is 0 Å². The summed E-state index contributed by atoms with van der Waals surface area (Å²) in [4.78, 5) is 15.2. The molecule has 0 aliphatic carbocycles. The Bertz CT molecular complexity index is 1120. The van der Waals surface area contributed by atoms with Crippen molar-refractivity contribution in [2.24, 2.45) is 7.05 Å². The topological polar surface area (TPSA) is 56.6 Å². The van der Waals surface area contributed by atoms with E-state index >= 15 is 0 Å². The minimum Gasteiger partial charge on any atom is -0.486 e. The Hall–Kier alpha value is -3.54. The third-order valence-electron chi connectivity index (χ3n) is 5.78. The first kappa shape index (κ1) is 21.7. The second kappa shape index (κ2) is 9.73. The van der Waals surface area contributed by atoms with Gasteiger partial charge < -0.3 is 14.4 Å². The molecule has 32 heavy (non-hydrogen) atoms. The third-order valence-corrected chi connectivity index (χ3v) is 5.78. The van der Waals surface area contributed by atoms with Crippen LogP contribution in [0.15, 0.2) is 54.6 Å². The molecule has 2 aromatic carbocycles. The van der Waals surface area contributed by atoms with E-state index in [9.17, 15) is 4.79 Å². The maximum Gasteiger partial charge on any atom is 0.227 e. The Morgan fingerprint density at radius 1 is 1.09 bits per heavy atom. The first-order valence-electron chi connectivity index (χ1n) is 10.9. The zero-order valence-corrected chi connectivity index (χ0v) is 18.9. The highest BCUT2D eigenvalue weighted by molar-refractivity contribution is 5.94. The predicted octanol–water partition coefficient (Wildman–Crippen LogP) is 4.49. The highest BCUT2D eigenvalue weighted by Gasteiger charge is 2.20. The van der Waals surface area contributed by atoms with Crippen LogP contribution in [0.2, 0.25) is 0 Å². The van der Waals surface area contributed by atoms with Gasteiger partial charge in [0.1, 0.15) is 13.2 Å². The van der Waals surface area contributed by atoms with E-state index in [2.05, 4.69) is 5.10 Å². The first-order chi connectivity index (χ1) is 15.5. The Morgan fingerprint density at radius 2 is 1.84 bits per heavy atom. The molecule has 1 aliphatic rings. The van der Waals surface area contributed by atoms with Gasteiger partial charge in [-0.1, -0.05) is 42.5 Å². The number of amides is 1. The van der Waals surface area contributed by atoms with Crippen LogP contribution in [0.5, 0.6) is 11.5 Å². The monoisotopic (exact) mass is 431 g/mol. The van der Waals surface area contributed by atoms with Gasteiger partial charge in [0.15, 0.2) is 11.5 Å². The lowest BCUT2D eigenvalue weighted by Crippen LogP contribution is -2.31. The van der Waals surface area contributed by atoms with Crippen LogP contribution < -0.4 is 14.4 Å². The number of aromatic nitrogens is 2. The number of hydrogen-bond acceptors (Lipinski definition) is 4. The quantitative estimate of drug-likeness (QED) is 0.553. The molecule has 0 saturated heterocycles. The first-order valence-corrected chi connectivity index (χ1v) is 10.9. The summed E-state index contributed by atoms with van der Waals surface area (Å²) < 4.78 is 13.3. The van der Waals surface area contributed by atoms with Crippen LogP contribution in [0, 0.1) is 13.8 Å². The molecule has 0 radical (unpaired) electrons. The van der Waals surface area contributed by atoms with Gasteiger partial charge in [-0.2, -0.15) is 5.10 Å². The molecule has 0 fully saturated rings. The SMILES string of the molecule is Cc1nn(C)c(C)c1CCC(=O)N(C/C=C/c1ccccc1)c1ccc2c(c1)OCCO2. The van der Waals surface area contributed by atoms with Crippen LogP contribution in [0.4, 0.5) is 5.69 Å². The molecule has 6 nitrogen and oxygen atoms in total. The van der Waals surface area contributed by atoms with E-state index in [0.29, 0.717) is 44.1 Å². The lowest BCUT2D eigenvalue weighted by Gasteiger charge is -2.24. The van der Waals surface area contributed by atoms with E-state index < -0.39 is 0 Å². The fourth-order valence-electron chi connectivity index (χ4n) is 3.96. The molecule has 0 N–H and O–H groups in total. The summed E-state index contributed by atoms with van der Waals surface area (Å²) in [5, 5.41) is 4.47. The maximum absolute atomic E-state index is 13.3. The third kappa shape index (κ3) is 4.85. The lowest BCUT2D eigenvalue weighted by molar-refractivity contribution is -0.118. The number of benzene rings is 2. The lowest BCUT2D eigenvalue weighted by atomic mass is 10.1. The zero-order valence-electron chi connectivity index (χ0n) is 18.9. The van der Waals surface area contributed by atoms with Crippen molar-refractivity contribution in [2.75, 3.05) is 24.7 Å². The van der Waals surface area contributed by atoms with Gasteiger partial charge in [-0.25, -0.2) is 0 Å². The molecule has 0 spiro atoms. The Kier molecular flexibility index (Phi) is 6.59. The van der Waals surface area contributed by atoms with E-state index in [1.807, 2.05) is 86.3 Å². The normalized spacial score (nSPS) is 12.8. The van der Waals surface area contributed by atoms with E-state index in [1.54, 1.807) is 4.90 Å². The average molecular weight is 432 g/mol. The summed E-state index contributed by atoms with van der Waals surface area (Å²) in [6.07, 6.45) is 5.12. The van der Waals surface area contributed by atoms with Crippen molar-refractivity contribution in [2.45, 2.75) is 26.7 Å². The smallest absolute Gasteiger partial charge is 0.227 e. The molecule has 3 aromatic rings. The van der Waals surface area contributed by atoms with E-state index in [0.717, 1.165) is 28.2 Å². The molecular formula is C26H29N3O3. The van der Waals surface area contributed by atoms with Crippen molar-refractivity contribution < 1.29 is 14.3 Å². The average Bonchev–Trinajstić information content (AvgIpc) is 3.06. The van der Waals surface area contributed by atoms with Crippen LogP contribution in [0.3, 0.4) is 0 Å². The number of nitrogens with zero attached hydrogens (tertiary/aromatic N) is 3. The molecule has 1 amide bonds. The van der Waals surface area contributed by atoms with Crippen LogP contribution in [-0.2, 0) is 18.3 Å². The molecule has 4 rings (SSSR count). The summed E-state index contributed by atoms with van der Waals surface area (Å²) in [5.41, 5.74) is 5.13. The van der Waals surface area contributed by atoms with Gasteiger partial charge in [0.05, 0.1) is 5.69 Å². The highest BCUT2D eigenvalue weighted by atomic mass is 16.6. The summed E-state index contributed by atoms with van der Waals surface area (Å²) in [7, 11) is 1.93. The van der Waals surface area contributed by atoms with Gasteiger partial charge >= 0.3 is 0 Å². The van der Waals surface area contributed by atoms with Crippen molar-refractivity contribution in [3.8, 4) is 11.5 Å². The molecule has 1 aliphatic heterocycles. The van der Waals surface area contributed by atoms with Gasteiger partial charge in [0.2, 0.25) is 5.91 Å². The molecule has 0 saturated carbocycles. The zero-order chi connectivity index (χ0) is 22.5. The minimum atomic E-state index is 0.0574. The molecular weight excluding hydrogens is 402 g/mol. The van der Waals surface area contributed by atoms with Crippen molar-refractivity contribution in [1.29, 1.82) is 0 Å². The van der Waals surface area contributed by atoms with Gasteiger partial charge in [-0.15, -0.1) is 0 Å². The van der Waals surface area contributed by atoms with E-state index in [-0.39, 0.29) is 5.91 Å². The summed E-state index contributed by atoms with van der Waals surface area (Å²) in [6.45, 7) is 5.56. The maximum atomic E-state index is 13.3. The number of aryl methyl sites for hydroxylation is 2. The molecule has 0 bridgehead atoms. The number of anilines is 1. The van der Waals surface area contributed by atoms with Crippen LogP contribution in [0.25, 0.3) is 6.08 Å².